The fourth-order valence-electron chi connectivity index (χ4n) is 3.96. The van der Waals surface area contributed by atoms with Crippen molar-refractivity contribution in [2.24, 2.45) is 0 Å². The molecule has 5 aromatic rings. The number of hydrogen-bond acceptors (Lipinski definition) is 5. The second-order valence-electron chi connectivity index (χ2n) is 8.32. The molecule has 0 unspecified atom stereocenters. The van der Waals surface area contributed by atoms with Crippen LogP contribution in [0.4, 0.5) is 11.4 Å². The Labute approximate surface area is 203 Å². The molecule has 7 heteroatoms. The van der Waals surface area contributed by atoms with Gasteiger partial charge >= 0.3 is 0 Å². The van der Waals surface area contributed by atoms with Gasteiger partial charge in [-0.05, 0) is 60.7 Å². The van der Waals surface area contributed by atoms with Gasteiger partial charge in [0.1, 0.15) is 11.4 Å². The Bertz CT molecular complexity index is 1520. The Kier molecular flexibility index (Phi) is 5.89. The van der Waals surface area contributed by atoms with Crippen LogP contribution in [0.3, 0.4) is 0 Å². The molecule has 35 heavy (non-hydrogen) atoms. The van der Waals surface area contributed by atoms with E-state index in [1.54, 1.807) is 24.1 Å². The van der Waals surface area contributed by atoms with Crippen LogP contribution in [0.25, 0.3) is 28.0 Å². The summed E-state index contributed by atoms with van der Waals surface area (Å²) in [4.78, 5) is 19.6. The molecule has 0 bridgehead atoms. The van der Waals surface area contributed by atoms with E-state index in [2.05, 4.69) is 10.3 Å². The van der Waals surface area contributed by atoms with E-state index in [4.69, 9.17) is 9.84 Å². The number of hydrogen-bond donors (Lipinski definition) is 1. The normalized spacial score (nSPS) is 10.8. The number of aromatic nitrogens is 3. The fourth-order valence-corrected chi connectivity index (χ4v) is 3.96. The average Bonchev–Trinajstić information content (AvgIpc) is 3.29. The van der Waals surface area contributed by atoms with Gasteiger partial charge in [-0.25, -0.2) is 9.67 Å². The van der Waals surface area contributed by atoms with E-state index in [1.807, 2.05) is 97.9 Å². The minimum atomic E-state index is -0.194. The lowest BCUT2D eigenvalue weighted by Gasteiger charge is -2.14. The number of rotatable bonds is 6. The summed E-state index contributed by atoms with van der Waals surface area (Å²) in [5.74, 6) is 0.561. The lowest BCUT2D eigenvalue weighted by atomic mass is 10.1. The zero-order valence-corrected chi connectivity index (χ0v) is 19.8. The summed E-state index contributed by atoms with van der Waals surface area (Å²) in [5, 5.41) is 8.78. The molecule has 2 aromatic heterocycles. The lowest BCUT2D eigenvalue weighted by molar-refractivity contribution is 0.102. The first-order chi connectivity index (χ1) is 17.0. The highest BCUT2D eigenvalue weighted by Gasteiger charge is 2.16. The molecule has 0 spiro atoms. The second kappa shape index (κ2) is 9.30. The highest BCUT2D eigenvalue weighted by Crippen LogP contribution is 2.31. The van der Waals surface area contributed by atoms with Crippen LogP contribution in [0.15, 0.2) is 91.1 Å². The molecule has 0 aliphatic heterocycles. The van der Waals surface area contributed by atoms with Crippen molar-refractivity contribution < 1.29 is 9.53 Å². The van der Waals surface area contributed by atoms with Crippen LogP contribution >= 0.6 is 0 Å². The van der Waals surface area contributed by atoms with Gasteiger partial charge in [-0.15, -0.1) is 0 Å². The zero-order chi connectivity index (χ0) is 24.4. The molecule has 0 atom stereocenters. The first-order valence-electron chi connectivity index (χ1n) is 11.2. The molecule has 0 fully saturated rings. The number of ether oxygens (including phenoxy) is 1. The largest absolute Gasteiger partial charge is 0.497 e. The van der Waals surface area contributed by atoms with E-state index in [-0.39, 0.29) is 5.91 Å². The van der Waals surface area contributed by atoms with Crippen molar-refractivity contribution in [1.29, 1.82) is 0 Å². The van der Waals surface area contributed by atoms with Gasteiger partial charge < -0.3 is 15.0 Å². The quantitative estimate of drug-likeness (QED) is 0.364. The Hall–Kier alpha value is -4.65. The van der Waals surface area contributed by atoms with Crippen LogP contribution in [0.2, 0.25) is 0 Å². The summed E-state index contributed by atoms with van der Waals surface area (Å²) in [6.07, 6.45) is 1.74. The van der Waals surface area contributed by atoms with Crippen molar-refractivity contribution in [3.05, 3.63) is 96.7 Å². The topological polar surface area (TPSA) is 72.3 Å². The van der Waals surface area contributed by atoms with Crippen molar-refractivity contribution >= 4 is 28.3 Å². The van der Waals surface area contributed by atoms with Crippen LogP contribution in [-0.4, -0.2) is 41.9 Å². The van der Waals surface area contributed by atoms with Gasteiger partial charge in [0.05, 0.1) is 12.8 Å². The van der Waals surface area contributed by atoms with Crippen molar-refractivity contribution in [3.8, 4) is 22.7 Å². The molecule has 0 radical (unpaired) electrons. The van der Waals surface area contributed by atoms with Crippen molar-refractivity contribution in [2.75, 3.05) is 31.4 Å². The van der Waals surface area contributed by atoms with Crippen LogP contribution < -0.4 is 15.0 Å². The maximum atomic E-state index is 13.1. The molecule has 7 nitrogen and oxygen atoms in total. The smallest absolute Gasteiger partial charge is 0.255 e. The first-order valence-corrected chi connectivity index (χ1v) is 11.2. The number of nitrogens with zero attached hydrogens (tertiary/aromatic N) is 4. The van der Waals surface area contributed by atoms with E-state index < -0.39 is 0 Å². The van der Waals surface area contributed by atoms with Crippen molar-refractivity contribution in [3.63, 3.8) is 0 Å². The van der Waals surface area contributed by atoms with E-state index in [1.165, 1.54) is 0 Å². The number of amides is 1. The maximum absolute atomic E-state index is 13.1. The number of pyridine rings is 1. The van der Waals surface area contributed by atoms with Gasteiger partial charge in [-0.1, -0.05) is 24.3 Å². The molecular weight excluding hydrogens is 438 g/mol. The SMILES string of the molecule is COc1cccc(-c2nn(-c3cccc(C(=O)Nc4cccc(N(C)C)c4)c3)c3ncccc23)c1. The monoisotopic (exact) mass is 463 g/mol. The molecular formula is C28H25N5O2. The van der Waals surface area contributed by atoms with Gasteiger partial charge in [0, 0.05) is 48.2 Å². The van der Waals surface area contributed by atoms with E-state index in [0.717, 1.165) is 39.5 Å². The summed E-state index contributed by atoms with van der Waals surface area (Å²) in [5.41, 5.74) is 5.45. The zero-order valence-electron chi connectivity index (χ0n) is 19.8. The Morgan fingerprint density at radius 1 is 0.943 bits per heavy atom. The summed E-state index contributed by atoms with van der Waals surface area (Å²) >= 11 is 0. The van der Waals surface area contributed by atoms with Gasteiger partial charge in [-0.3, -0.25) is 4.79 Å². The molecule has 174 valence electrons. The number of fused-ring (bicyclic) bond motifs is 1. The number of anilines is 2. The van der Waals surface area contributed by atoms with Crippen LogP contribution in [0, 0.1) is 0 Å². The molecule has 1 amide bonds. The average molecular weight is 464 g/mol. The second-order valence-corrected chi connectivity index (χ2v) is 8.32. The number of nitrogens with one attached hydrogen (secondary N) is 1. The Morgan fingerprint density at radius 3 is 2.60 bits per heavy atom. The standard InChI is InChI=1S/C28H25N5O2/c1-32(2)22-11-6-10-21(18-22)30-28(34)20-9-4-12-23(16-20)33-27-25(14-7-15-29-27)26(31-33)19-8-5-13-24(17-19)35-3/h4-18H,1-3H3,(H,30,34). The number of benzene rings is 3. The van der Waals surface area contributed by atoms with E-state index in [9.17, 15) is 4.79 Å². The highest BCUT2D eigenvalue weighted by molar-refractivity contribution is 6.05. The van der Waals surface area contributed by atoms with Crippen LogP contribution in [-0.2, 0) is 0 Å². The van der Waals surface area contributed by atoms with Gasteiger partial charge in [-0.2, -0.15) is 5.10 Å². The van der Waals surface area contributed by atoms with E-state index >= 15 is 0 Å². The van der Waals surface area contributed by atoms with Gasteiger partial charge in [0.15, 0.2) is 5.65 Å². The summed E-state index contributed by atoms with van der Waals surface area (Å²) < 4.78 is 7.17. The number of carbonyl (C=O) groups is 1. The van der Waals surface area contributed by atoms with Crippen molar-refractivity contribution in [2.45, 2.75) is 0 Å². The molecule has 0 saturated heterocycles. The molecule has 0 aliphatic carbocycles. The van der Waals surface area contributed by atoms with Gasteiger partial charge in [0.25, 0.3) is 5.91 Å². The molecule has 1 N–H and O–H groups in total. The fraction of sp³-hybridized carbons (Fsp3) is 0.107. The minimum absolute atomic E-state index is 0.194. The summed E-state index contributed by atoms with van der Waals surface area (Å²) in [6.45, 7) is 0. The predicted octanol–water partition coefficient (Wildman–Crippen LogP) is 5.41. The van der Waals surface area contributed by atoms with Crippen LogP contribution in [0.1, 0.15) is 10.4 Å². The van der Waals surface area contributed by atoms with Crippen molar-refractivity contribution in [1.82, 2.24) is 14.8 Å². The number of carbonyl (C=O) groups excluding carboxylic acids is 1. The molecule has 2 heterocycles. The van der Waals surface area contributed by atoms with E-state index in [0.29, 0.717) is 11.2 Å². The third kappa shape index (κ3) is 4.44. The van der Waals surface area contributed by atoms with Crippen LogP contribution in [0.5, 0.6) is 5.75 Å². The molecule has 5 rings (SSSR count). The maximum Gasteiger partial charge on any atom is 0.255 e. The Morgan fingerprint density at radius 2 is 1.77 bits per heavy atom. The van der Waals surface area contributed by atoms with Gasteiger partial charge in [0.2, 0.25) is 0 Å². The number of methoxy groups -OCH3 is 1. The molecule has 0 aliphatic rings. The third-order valence-corrected chi connectivity index (χ3v) is 5.76. The Balaban J connectivity index is 1.52. The minimum Gasteiger partial charge on any atom is -0.497 e. The highest BCUT2D eigenvalue weighted by atomic mass is 16.5. The third-order valence-electron chi connectivity index (χ3n) is 5.76. The first kappa shape index (κ1) is 22.2. The molecule has 0 saturated carbocycles. The summed E-state index contributed by atoms with van der Waals surface area (Å²) in [6, 6.07) is 26.8. The predicted molar refractivity (Wildman–Crippen MR) is 140 cm³/mol. The lowest BCUT2D eigenvalue weighted by Crippen LogP contribution is -2.14. The summed E-state index contributed by atoms with van der Waals surface area (Å²) in [7, 11) is 5.57. The molecule has 3 aromatic carbocycles.